The molecule has 1 aliphatic heterocycles. The van der Waals surface area contributed by atoms with Crippen LogP contribution < -0.4 is 21.7 Å². The molecule has 4 rings (SSSR count). The van der Waals surface area contributed by atoms with Crippen LogP contribution in [0.4, 0.5) is 17.3 Å². The zero-order chi connectivity index (χ0) is 19.0. The van der Waals surface area contributed by atoms with Gasteiger partial charge < -0.3 is 26.1 Å². The van der Waals surface area contributed by atoms with Crippen molar-refractivity contribution in [3.63, 3.8) is 0 Å². The fourth-order valence-corrected chi connectivity index (χ4v) is 3.52. The van der Waals surface area contributed by atoms with Crippen LogP contribution >= 0.6 is 0 Å². The Morgan fingerprint density at radius 1 is 1.37 bits per heavy atom. The Bertz CT molecular complexity index is 999. The molecule has 1 saturated heterocycles. The standard InChI is InChI=1S/C19H22N6O2/c1-11-4-7-23-16-15(18(21)27-17(11)16)19(26)24-13-9-22-6-5-14(13)25-8-2-3-12(20)10-25/h4-7,9,12H,2-3,8,10,20-21H2,1H3,(H,24,26)/t12-/m1/s1. The predicted octanol–water partition coefficient (Wildman–Crippen LogP) is 2.29. The van der Waals surface area contributed by atoms with Gasteiger partial charge in [-0.1, -0.05) is 0 Å². The molecule has 8 nitrogen and oxygen atoms in total. The predicted molar refractivity (Wildman–Crippen MR) is 105 cm³/mol. The molecule has 0 spiro atoms. The van der Waals surface area contributed by atoms with Crippen LogP contribution in [0.2, 0.25) is 0 Å². The molecular weight excluding hydrogens is 344 g/mol. The first-order chi connectivity index (χ1) is 13.0. The number of carbonyl (C=O) groups is 1. The SMILES string of the molecule is Cc1ccnc2c(C(=O)Nc3cnccc3N3CCC[C@@H](N)C3)c(N)oc12. The summed E-state index contributed by atoms with van der Waals surface area (Å²) in [6.07, 6.45) is 6.99. The molecule has 1 fully saturated rings. The molecule has 3 aromatic heterocycles. The Balaban J connectivity index is 1.67. The number of fused-ring (bicyclic) bond motifs is 1. The highest BCUT2D eigenvalue weighted by Crippen LogP contribution is 2.31. The van der Waals surface area contributed by atoms with E-state index in [2.05, 4.69) is 20.2 Å². The molecule has 1 aliphatic rings. The second kappa shape index (κ2) is 6.88. The van der Waals surface area contributed by atoms with Gasteiger partial charge in [0.05, 0.1) is 17.6 Å². The number of hydrogen-bond donors (Lipinski definition) is 3. The lowest BCUT2D eigenvalue weighted by molar-refractivity contribution is 0.102. The van der Waals surface area contributed by atoms with Gasteiger partial charge in [0.1, 0.15) is 11.1 Å². The summed E-state index contributed by atoms with van der Waals surface area (Å²) in [5.74, 6) is -0.324. The van der Waals surface area contributed by atoms with E-state index in [0.29, 0.717) is 16.8 Å². The summed E-state index contributed by atoms with van der Waals surface area (Å²) in [5, 5.41) is 2.91. The fraction of sp³-hybridized carbons (Fsp3) is 0.316. The summed E-state index contributed by atoms with van der Waals surface area (Å²) in [4.78, 5) is 23.5. The Labute approximate surface area is 156 Å². The second-order valence-corrected chi connectivity index (χ2v) is 6.84. The van der Waals surface area contributed by atoms with Crippen molar-refractivity contribution in [1.82, 2.24) is 9.97 Å². The zero-order valence-electron chi connectivity index (χ0n) is 15.1. The molecule has 0 bridgehead atoms. The van der Waals surface area contributed by atoms with Crippen molar-refractivity contribution in [2.45, 2.75) is 25.8 Å². The van der Waals surface area contributed by atoms with Crippen LogP contribution in [0.5, 0.6) is 0 Å². The van der Waals surface area contributed by atoms with E-state index >= 15 is 0 Å². The van der Waals surface area contributed by atoms with Gasteiger partial charge >= 0.3 is 0 Å². The van der Waals surface area contributed by atoms with Crippen LogP contribution in [0, 0.1) is 6.92 Å². The van der Waals surface area contributed by atoms with E-state index in [0.717, 1.165) is 37.2 Å². The van der Waals surface area contributed by atoms with Crippen molar-refractivity contribution in [3.05, 3.63) is 41.9 Å². The second-order valence-electron chi connectivity index (χ2n) is 6.84. The van der Waals surface area contributed by atoms with Crippen LogP contribution in [0.1, 0.15) is 28.8 Å². The summed E-state index contributed by atoms with van der Waals surface area (Å²) < 4.78 is 5.56. The maximum atomic E-state index is 13.0. The number of nitrogens with zero attached hydrogens (tertiary/aromatic N) is 3. The van der Waals surface area contributed by atoms with Crippen molar-refractivity contribution in [2.75, 3.05) is 29.0 Å². The molecule has 140 valence electrons. The summed E-state index contributed by atoms with van der Waals surface area (Å²) >= 11 is 0. The van der Waals surface area contributed by atoms with Gasteiger partial charge in [-0.3, -0.25) is 14.8 Å². The number of amides is 1. The van der Waals surface area contributed by atoms with E-state index in [1.807, 2.05) is 19.1 Å². The van der Waals surface area contributed by atoms with E-state index < -0.39 is 0 Å². The van der Waals surface area contributed by atoms with Crippen LogP contribution in [-0.2, 0) is 0 Å². The number of hydrogen-bond acceptors (Lipinski definition) is 7. The Morgan fingerprint density at radius 3 is 3.04 bits per heavy atom. The minimum Gasteiger partial charge on any atom is -0.438 e. The Hall–Kier alpha value is -3.13. The van der Waals surface area contributed by atoms with Crippen molar-refractivity contribution < 1.29 is 9.21 Å². The van der Waals surface area contributed by atoms with E-state index in [-0.39, 0.29) is 23.4 Å². The number of aryl methyl sites for hydroxylation is 1. The maximum absolute atomic E-state index is 13.0. The van der Waals surface area contributed by atoms with E-state index in [4.69, 9.17) is 15.9 Å². The number of aromatic nitrogens is 2. The molecule has 8 heteroatoms. The fourth-order valence-electron chi connectivity index (χ4n) is 3.52. The summed E-state index contributed by atoms with van der Waals surface area (Å²) in [6, 6.07) is 3.81. The molecular formula is C19H22N6O2. The first-order valence-corrected chi connectivity index (χ1v) is 8.94. The molecule has 0 aromatic carbocycles. The van der Waals surface area contributed by atoms with Gasteiger partial charge in [0, 0.05) is 31.5 Å². The van der Waals surface area contributed by atoms with E-state index in [1.54, 1.807) is 18.6 Å². The van der Waals surface area contributed by atoms with Gasteiger partial charge in [0.15, 0.2) is 5.58 Å². The lowest BCUT2D eigenvalue weighted by Crippen LogP contribution is -2.43. The first-order valence-electron chi connectivity index (χ1n) is 8.94. The maximum Gasteiger partial charge on any atom is 0.263 e. The van der Waals surface area contributed by atoms with Gasteiger partial charge in [-0.25, -0.2) is 0 Å². The average Bonchev–Trinajstić information content (AvgIpc) is 2.99. The van der Waals surface area contributed by atoms with Crippen LogP contribution in [0.25, 0.3) is 11.1 Å². The first kappa shape index (κ1) is 17.3. The summed E-state index contributed by atoms with van der Waals surface area (Å²) in [6.45, 7) is 3.51. The number of rotatable bonds is 3. The van der Waals surface area contributed by atoms with Gasteiger partial charge in [-0.05, 0) is 37.5 Å². The Morgan fingerprint density at radius 2 is 2.22 bits per heavy atom. The normalized spacial score (nSPS) is 17.3. The minimum absolute atomic E-state index is 0.0507. The van der Waals surface area contributed by atoms with Crippen LogP contribution in [-0.4, -0.2) is 35.0 Å². The molecule has 0 aliphatic carbocycles. The highest BCUT2D eigenvalue weighted by atomic mass is 16.3. The molecule has 5 N–H and O–H groups in total. The highest BCUT2D eigenvalue weighted by Gasteiger charge is 2.24. The molecule has 27 heavy (non-hydrogen) atoms. The third kappa shape index (κ3) is 3.19. The molecule has 0 radical (unpaired) electrons. The van der Waals surface area contributed by atoms with Gasteiger partial charge in [0.25, 0.3) is 5.91 Å². The number of nitrogens with one attached hydrogen (secondary N) is 1. The van der Waals surface area contributed by atoms with E-state index in [1.165, 1.54) is 0 Å². The number of carbonyl (C=O) groups excluding carboxylic acids is 1. The average molecular weight is 366 g/mol. The number of nitrogens with two attached hydrogens (primary N) is 2. The highest BCUT2D eigenvalue weighted by molar-refractivity contribution is 6.15. The van der Waals surface area contributed by atoms with Crippen molar-refractivity contribution in [1.29, 1.82) is 0 Å². The van der Waals surface area contributed by atoms with Gasteiger partial charge in [0.2, 0.25) is 5.88 Å². The largest absolute Gasteiger partial charge is 0.438 e. The summed E-state index contributed by atoms with van der Waals surface area (Å²) in [5.41, 5.74) is 15.7. The lowest BCUT2D eigenvalue weighted by atomic mass is 10.1. The van der Waals surface area contributed by atoms with E-state index in [9.17, 15) is 4.79 Å². The number of nitrogen functional groups attached to an aromatic ring is 1. The number of pyridine rings is 2. The molecule has 1 atom stereocenters. The van der Waals surface area contributed by atoms with Crippen molar-refractivity contribution >= 4 is 34.3 Å². The smallest absolute Gasteiger partial charge is 0.263 e. The van der Waals surface area contributed by atoms with Crippen molar-refractivity contribution in [2.24, 2.45) is 5.73 Å². The monoisotopic (exact) mass is 366 g/mol. The number of furan rings is 1. The van der Waals surface area contributed by atoms with Crippen molar-refractivity contribution in [3.8, 4) is 0 Å². The minimum atomic E-state index is -0.375. The lowest BCUT2D eigenvalue weighted by Gasteiger charge is -2.33. The summed E-state index contributed by atoms with van der Waals surface area (Å²) in [7, 11) is 0. The molecule has 3 aromatic rings. The van der Waals surface area contributed by atoms with Gasteiger partial charge in [-0.15, -0.1) is 0 Å². The Kier molecular flexibility index (Phi) is 4.41. The van der Waals surface area contributed by atoms with Crippen LogP contribution in [0.15, 0.2) is 35.1 Å². The molecule has 0 saturated carbocycles. The molecule has 1 amide bonds. The quantitative estimate of drug-likeness (QED) is 0.650. The zero-order valence-corrected chi connectivity index (χ0v) is 15.1. The topological polar surface area (TPSA) is 123 Å². The number of anilines is 3. The number of piperidine rings is 1. The van der Waals surface area contributed by atoms with Gasteiger partial charge in [-0.2, -0.15) is 0 Å². The third-order valence-corrected chi connectivity index (χ3v) is 4.87. The molecule has 0 unspecified atom stereocenters. The third-order valence-electron chi connectivity index (χ3n) is 4.87. The van der Waals surface area contributed by atoms with Crippen LogP contribution in [0.3, 0.4) is 0 Å². The molecule has 4 heterocycles.